The molecule has 0 spiro atoms. The van der Waals surface area contributed by atoms with Crippen LogP contribution in [0, 0.1) is 0 Å². The molecule has 1 atom stereocenters. The van der Waals surface area contributed by atoms with E-state index in [1.54, 1.807) is 12.1 Å². The Morgan fingerprint density at radius 1 is 1.38 bits per heavy atom. The van der Waals surface area contributed by atoms with Crippen molar-refractivity contribution in [2.24, 2.45) is 0 Å². The first-order valence-electron chi connectivity index (χ1n) is 6.44. The second-order valence-electron chi connectivity index (χ2n) is 4.96. The van der Waals surface area contributed by atoms with E-state index < -0.39 is 25.9 Å². The molecule has 1 aromatic carbocycles. The molecule has 0 aromatic heterocycles. The van der Waals surface area contributed by atoms with Crippen molar-refractivity contribution >= 4 is 37.3 Å². The Morgan fingerprint density at radius 3 is 2.76 bits per heavy atom. The van der Waals surface area contributed by atoms with Gasteiger partial charge >= 0.3 is 0 Å². The SMILES string of the molecule is Nc1cccc(SCCS(=O)(=O)NC2CCS(=O)(=O)C2)c1. The molecule has 0 aliphatic carbocycles. The van der Waals surface area contributed by atoms with Crippen LogP contribution in [0.3, 0.4) is 0 Å². The summed E-state index contributed by atoms with van der Waals surface area (Å²) in [6.07, 6.45) is 0.351. The minimum absolute atomic E-state index is 0.0526. The zero-order valence-electron chi connectivity index (χ0n) is 11.4. The number of thioether (sulfide) groups is 1. The van der Waals surface area contributed by atoms with Gasteiger partial charge in [0.1, 0.15) is 0 Å². The van der Waals surface area contributed by atoms with Gasteiger partial charge in [0, 0.05) is 22.4 Å². The highest BCUT2D eigenvalue weighted by atomic mass is 32.2. The second-order valence-corrected chi connectivity index (χ2v) is 10.2. The fraction of sp³-hybridized carbons (Fsp3) is 0.500. The van der Waals surface area contributed by atoms with E-state index in [1.807, 2.05) is 12.1 Å². The number of sulfone groups is 1. The van der Waals surface area contributed by atoms with Crippen LogP contribution < -0.4 is 10.5 Å². The number of benzene rings is 1. The summed E-state index contributed by atoms with van der Waals surface area (Å²) < 4.78 is 48.9. The van der Waals surface area contributed by atoms with Crippen LogP contribution in [-0.2, 0) is 19.9 Å². The van der Waals surface area contributed by atoms with Gasteiger partial charge in [0.05, 0.1) is 17.3 Å². The van der Waals surface area contributed by atoms with E-state index >= 15 is 0 Å². The highest BCUT2D eigenvalue weighted by Crippen LogP contribution is 2.20. The first kappa shape index (κ1) is 16.6. The molecule has 1 aliphatic rings. The van der Waals surface area contributed by atoms with Crippen LogP contribution >= 0.6 is 11.8 Å². The number of nitrogens with one attached hydrogen (secondary N) is 1. The Labute approximate surface area is 129 Å². The highest BCUT2D eigenvalue weighted by Gasteiger charge is 2.30. The van der Waals surface area contributed by atoms with E-state index in [0.717, 1.165) is 4.90 Å². The van der Waals surface area contributed by atoms with E-state index in [0.29, 0.717) is 17.9 Å². The van der Waals surface area contributed by atoms with Crippen molar-refractivity contribution in [1.82, 2.24) is 4.72 Å². The van der Waals surface area contributed by atoms with Gasteiger partial charge in [-0.05, 0) is 24.6 Å². The zero-order valence-corrected chi connectivity index (χ0v) is 13.8. The standard InChI is InChI=1S/C12H18N2O4S3/c13-10-2-1-3-12(8-10)19-5-7-21(17,18)14-11-4-6-20(15,16)9-11/h1-3,8,11,14H,4-7,9,13H2. The molecule has 0 amide bonds. The number of nitrogen functional groups attached to an aromatic ring is 1. The minimum Gasteiger partial charge on any atom is -0.399 e. The molecule has 0 saturated carbocycles. The lowest BCUT2D eigenvalue weighted by Crippen LogP contribution is -2.37. The van der Waals surface area contributed by atoms with Crippen LogP contribution in [-0.4, -0.2) is 45.9 Å². The van der Waals surface area contributed by atoms with E-state index in [2.05, 4.69) is 4.72 Å². The maximum Gasteiger partial charge on any atom is 0.212 e. The second kappa shape index (κ2) is 6.55. The van der Waals surface area contributed by atoms with Gasteiger partial charge in [0.25, 0.3) is 0 Å². The topological polar surface area (TPSA) is 106 Å². The number of sulfonamides is 1. The summed E-state index contributed by atoms with van der Waals surface area (Å²) in [5, 5.41) is 0. The van der Waals surface area contributed by atoms with Gasteiger partial charge in [-0.2, -0.15) is 0 Å². The Morgan fingerprint density at radius 2 is 2.14 bits per heavy atom. The van der Waals surface area contributed by atoms with Crippen LogP contribution in [0.1, 0.15) is 6.42 Å². The average molecular weight is 350 g/mol. The molecule has 9 heteroatoms. The Hall–Kier alpha value is -0.770. The molecule has 21 heavy (non-hydrogen) atoms. The Balaban J connectivity index is 1.82. The zero-order chi connectivity index (χ0) is 15.5. The maximum atomic E-state index is 11.9. The number of nitrogens with two attached hydrogens (primary N) is 1. The van der Waals surface area contributed by atoms with Gasteiger partial charge in [0.2, 0.25) is 10.0 Å². The molecule has 1 aliphatic heterocycles. The third-order valence-electron chi connectivity index (χ3n) is 3.06. The Kier molecular flexibility index (Phi) is 5.18. The molecule has 1 unspecified atom stereocenters. The van der Waals surface area contributed by atoms with Gasteiger partial charge < -0.3 is 5.73 Å². The molecule has 3 N–H and O–H groups in total. The quantitative estimate of drug-likeness (QED) is 0.570. The summed E-state index contributed by atoms with van der Waals surface area (Å²) in [4.78, 5) is 0.911. The van der Waals surface area contributed by atoms with Crippen molar-refractivity contribution in [3.8, 4) is 0 Å². The molecular weight excluding hydrogens is 332 g/mol. The predicted molar refractivity (Wildman–Crippen MR) is 85.6 cm³/mol. The lowest BCUT2D eigenvalue weighted by Gasteiger charge is -2.11. The summed E-state index contributed by atoms with van der Waals surface area (Å²) in [5.74, 6) is 0.286. The highest BCUT2D eigenvalue weighted by molar-refractivity contribution is 8.00. The summed E-state index contributed by atoms with van der Waals surface area (Å²) in [6, 6.07) is 6.74. The van der Waals surface area contributed by atoms with Gasteiger partial charge in [-0.25, -0.2) is 21.6 Å². The van der Waals surface area contributed by atoms with Gasteiger partial charge in [-0.15, -0.1) is 11.8 Å². The lowest BCUT2D eigenvalue weighted by atomic mass is 10.3. The fourth-order valence-corrected chi connectivity index (χ4v) is 6.52. The van der Waals surface area contributed by atoms with E-state index in [1.165, 1.54) is 11.8 Å². The van der Waals surface area contributed by atoms with Crippen LogP contribution in [0.2, 0.25) is 0 Å². The molecular formula is C12H18N2O4S3. The molecule has 0 bridgehead atoms. The van der Waals surface area contributed by atoms with E-state index in [4.69, 9.17) is 5.73 Å². The van der Waals surface area contributed by atoms with Crippen molar-refractivity contribution in [2.45, 2.75) is 17.4 Å². The normalized spacial score (nSPS) is 21.4. The smallest absolute Gasteiger partial charge is 0.212 e. The molecule has 2 rings (SSSR count). The van der Waals surface area contributed by atoms with E-state index in [9.17, 15) is 16.8 Å². The third kappa shape index (κ3) is 5.50. The average Bonchev–Trinajstić information content (AvgIpc) is 2.67. The Bertz CT molecular complexity index is 701. The van der Waals surface area contributed by atoms with Crippen molar-refractivity contribution < 1.29 is 16.8 Å². The first-order chi connectivity index (χ1) is 9.76. The summed E-state index contributed by atoms with van der Waals surface area (Å²) in [6.45, 7) is 0. The van der Waals surface area contributed by atoms with E-state index in [-0.39, 0.29) is 17.3 Å². The van der Waals surface area contributed by atoms with Crippen molar-refractivity contribution in [3.05, 3.63) is 24.3 Å². The van der Waals surface area contributed by atoms with Crippen molar-refractivity contribution in [2.75, 3.05) is 28.7 Å². The molecule has 118 valence electrons. The van der Waals surface area contributed by atoms with Crippen LogP contribution in [0.5, 0.6) is 0 Å². The molecule has 1 aromatic rings. The van der Waals surface area contributed by atoms with Crippen molar-refractivity contribution in [3.63, 3.8) is 0 Å². The van der Waals surface area contributed by atoms with Gasteiger partial charge in [-0.1, -0.05) is 6.07 Å². The largest absolute Gasteiger partial charge is 0.399 e. The van der Waals surface area contributed by atoms with Crippen LogP contribution in [0.15, 0.2) is 29.2 Å². The molecule has 6 nitrogen and oxygen atoms in total. The molecule has 1 saturated heterocycles. The molecule has 0 radical (unpaired) electrons. The van der Waals surface area contributed by atoms with Gasteiger partial charge in [-0.3, -0.25) is 0 Å². The third-order valence-corrected chi connectivity index (χ3v) is 7.51. The number of hydrogen-bond donors (Lipinski definition) is 2. The summed E-state index contributed by atoms with van der Waals surface area (Å²) in [7, 11) is -6.54. The first-order valence-corrected chi connectivity index (χ1v) is 10.9. The number of rotatable bonds is 6. The van der Waals surface area contributed by atoms with Crippen LogP contribution in [0.4, 0.5) is 5.69 Å². The van der Waals surface area contributed by atoms with Crippen LogP contribution in [0.25, 0.3) is 0 Å². The molecule has 1 heterocycles. The maximum absolute atomic E-state index is 11.9. The van der Waals surface area contributed by atoms with Gasteiger partial charge in [0.15, 0.2) is 9.84 Å². The minimum atomic E-state index is -3.46. The fourth-order valence-electron chi connectivity index (χ4n) is 2.07. The number of hydrogen-bond acceptors (Lipinski definition) is 6. The molecule has 1 fully saturated rings. The summed E-state index contributed by atoms with van der Waals surface area (Å²) >= 11 is 1.40. The summed E-state index contributed by atoms with van der Waals surface area (Å²) in [5.41, 5.74) is 6.29. The lowest BCUT2D eigenvalue weighted by molar-refractivity contribution is 0.564. The number of anilines is 1. The monoisotopic (exact) mass is 350 g/mol. The van der Waals surface area contributed by atoms with Crippen molar-refractivity contribution in [1.29, 1.82) is 0 Å². The predicted octanol–water partition coefficient (Wildman–Crippen LogP) is 0.467.